The number of halogens is 2. The van der Waals surface area contributed by atoms with Gasteiger partial charge in [0.05, 0.1) is 0 Å². The number of ether oxygens (including phenoxy) is 1. The van der Waals surface area contributed by atoms with Crippen LogP contribution in [0.2, 0.25) is 0 Å². The first-order valence-corrected chi connectivity index (χ1v) is 7.67. The highest BCUT2D eigenvalue weighted by atomic mass is 19.3. The number of alkyl halides is 2. The van der Waals surface area contributed by atoms with Gasteiger partial charge in [-0.25, -0.2) is 0 Å². The largest absolute Gasteiger partial charge is 0.434 e. The van der Waals surface area contributed by atoms with Crippen LogP contribution in [0.25, 0.3) is 0 Å². The van der Waals surface area contributed by atoms with E-state index < -0.39 is 6.61 Å². The molecule has 0 aliphatic heterocycles. The van der Waals surface area contributed by atoms with E-state index in [2.05, 4.69) is 23.9 Å². The summed E-state index contributed by atoms with van der Waals surface area (Å²) in [6.45, 7) is 3.83. The van der Waals surface area contributed by atoms with E-state index >= 15 is 0 Å². The van der Waals surface area contributed by atoms with E-state index in [9.17, 15) is 8.78 Å². The fourth-order valence-electron chi connectivity index (χ4n) is 3.05. The fourth-order valence-corrected chi connectivity index (χ4v) is 3.05. The average Bonchev–Trinajstić information content (AvgIpc) is 2.41. The molecule has 1 atom stereocenters. The normalized spacial score (nSPS) is 20.5. The second-order valence-electron chi connectivity index (χ2n) is 6.74. The average molecular weight is 297 g/mol. The fraction of sp³-hybridized carbons (Fsp3) is 0.647. The molecule has 118 valence electrons. The van der Waals surface area contributed by atoms with Gasteiger partial charge in [-0.3, -0.25) is 0 Å². The maximum absolute atomic E-state index is 12.5. The number of nitrogens with one attached hydrogen (secondary N) is 1. The van der Waals surface area contributed by atoms with Gasteiger partial charge in [-0.05, 0) is 44.1 Å². The molecule has 0 saturated heterocycles. The molecule has 0 heterocycles. The topological polar surface area (TPSA) is 21.3 Å². The van der Waals surface area contributed by atoms with Crippen molar-refractivity contribution in [3.05, 3.63) is 29.8 Å². The van der Waals surface area contributed by atoms with Crippen molar-refractivity contribution >= 4 is 0 Å². The predicted molar refractivity (Wildman–Crippen MR) is 80.7 cm³/mol. The van der Waals surface area contributed by atoms with Crippen LogP contribution in [-0.2, 0) is 0 Å². The van der Waals surface area contributed by atoms with Crippen LogP contribution in [0.4, 0.5) is 8.78 Å². The molecular weight excluding hydrogens is 272 g/mol. The van der Waals surface area contributed by atoms with Crippen molar-refractivity contribution in [3.63, 3.8) is 0 Å². The van der Waals surface area contributed by atoms with Gasteiger partial charge < -0.3 is 10.1 Å². The first kappa shape index (κ1) is 16.2. The SMILES string of the molecule is CC(NC1CCC(C)(C)CC1)c1ccccc1OC(F)F. The van der Waals surface area contributed by atoms with E-state index in [1.807, 2.05) is 19.1 Å². The zero-order valence-electron chi connectivity index (χ0n) is 13.0. The quantitative estimate of drug-likeness (QED) is 0.834. The highest BCUT2D eigenvalue weighted by Crippen LogP contribution is 2.36. The van der Waals surface area contributed by atoms with Gasteiger partial charge in [0, 0.05) is 17.6 Å². The van der Waals surface area contributed by atoms with E-state index in [0.29, 0.717) is 11.5 Å². The summed E-state index contributed by atoms with van der Waals surface area (Å²) in [4.78, 5) is 0. The van der Waals surface area contributed by atoms with E-state index in [-0.39, 0.29) is 11.8 Å². The molecule has 0 spiro atoms. The summed E-state index contributed by atoms with van der Waals surface area (Å²) in [6.07, 6.45) is 4.67. The standard InChI is InChI=1S/C17H25F2NO/c1-12(20-13-8-10-17(2,3)11-9-13)14-6-4-5-7-15(14)21-16(18)19/h4-7,12-13,16,20H,8-11H2,1-3H3. The lowest BCUT2D eigenvalue weighted by Crippen LogP contribution is -2.37. The number of benzene rings is 1. The van der Waals surface area contributed by atoms with Gasteiger partial charge in [0.25, 0.3) is 0 Å². The minimum absolute atomic E-state index is 0.00571. The monoisotopic (exact) mass is 297 g/mol. The minimum atomic E-state index is -2.78. The molecule has 2 rings (SSSR count). The lowest BCUT2D eigenvalue weighted by atomic mass is 9.75. The molecule has 1 unspecified atom stereocenters. The summed E-state index contributed by atoms with van der Waals surface area (Å²) in [5.74, 6) is 0.267. The van der Waals surface area contributed by atoms with Gasteiger partial charge in [0.1, 0.15) is 5.75 Å². The minimum Gasteiger partial charge on any atom is -0.434 e. The molecule has 1 aliphatic rings. The van der Waals surface area contributed by atoms with Crippen LogP contribution in [0.3, 0.4) is 0 Å². The van der Waals surface area contributed by atoms with Crippen molar-refractivity contribution in [2.75, 3.05) is 0 Å². The smallest absolute Gasteiger partial charge is 0.387 e. The zero-order chi connectivity index (χ0) is 15.5. The molecule has 1 N–H and O–H groups in total. The van der Waals surface area contributed by atoms with Crippen molar-refractivity contribution in [1.29, 1.82) is 0 Å². The van der Waals surface area contributed by atoms with Crippen LogP contribution < -0.4 is 10.1 Å². The Morgan fingerprint density at radius 1 is 1.19 bits per heavy atom. The highest BCUT2D eigenvalue weighted by molar-refractivity contribution is 5.35. The van der Waals surface area contributed by atoms with Crippen molar-refractivity contribution in [2.24, 2.45) is 5.41 Å². The Kier molecular flexibility index (Phi) is 5.20. The van der Waals surface area contributed by atoms with E-state index in [4.69, 9.17) is 0 Å². The summed E-state index contributed by atoms with van der Waals surface area (Å²) in [6, 6.07) is 7.48. The van der Waals surface area contributed by atoms with Gasteiger partial charge >= 0.3 is 6.61 Å². The Balaban J connectivity index is 1.99. The lowest BCUT2D eigenvalue weighted by Gasteiger charge is -2.36. The zero-order valence-corrected chi connectivity index (χ0v) is 13.0. The third-order valence-corrected chi connectivity index (χ3v) is 4.43. The summed E-state index contributed by atoms with van der Waals surface area (Å²) in [5.41, 5.74) is 1.22. The molecule has 0 aromatic heterocycles. The van der Waals surface area contributed by atoms with Crippen molar-refractivity contribution in [2.45, 2.75) is 65.1 Å². The highest BCUT2D eigenvalue weighted by Gasteiger charge is 2.28. The van der Waals surface area contributed by atoms with E-state index in [0.717, 1.165) is 18.4 Å². The molecule has 2 nitrogen and oxygen atoms in total. The molecule has 1 fully saturated rings. The van der Waals surface area contributed by atoms with Gasteiger partial charge in [0.15, 0.2) is 0 Å². The van der Waals surface area contributed by atoms with Crippen molar-refractivity contribution < 1.29 is 13.5 Å². The number of hydrogen-bond donors (Lipinski definition) is 1. The van der Waals surface area contributed by atoms with Crippen LogP contribution >= 0.6 is 0 Å². The second-order valence-corrected chi connectivity index (χ2v) is 6.74. The molecule has 1 aliphatic carbocycles. The maximum Gasteiger partial charge on any atom is 0.387 e. The number of para-hydroxylation sites is 1. The first-order valence-electron chi connectivity index (χ1n) is 7.67. The van der Waals surface area contributed by atoms with E-state index in [1.54, 1.807) is 12.1 Å². The van der Waals surface area contributed by atoms with Gasteiger partial charge in [0.2, 0.25) is 0 Å². The summed E-state index contributed by atoms with van der Waals surface area (Å²) in [7, 11) is 0. The Labute approximate surface area is 125 Å². The molecular formula is C17H25F2NO. The first-order chi connectivity index (χ1) is 9.87. The van der Waals surface area contributed by atoms with Crippen molar-refractivity contribution in [1.82, 2.24) is 5.32 Å². The van der Waals surface area contributed by atoms with Crippen LogP contribution in [0.15, 0.2) is 24.3 Å². The number of hydrogen-bond acceptors (Lipinski definition) is 2. The Bertz CT molecular complexity index is 452. The van der Waals surface area contributed by atoms with Gasteiger partial charge in [-0.2, -0.15) is 8.78 Å². The van der Waals surface area contributed by atoms with Gasteiger partial charge in [-0.15, -0.1) is 0 Å². The molecule has 0 amide bonds. The van der Waals surface area contributed by atoms with E-state index in [1.165, 1.54) is 12.8 Å². The second kappa shape index (κ2) is 6.73. The molecule has 4 heteroatoms. The Morgan fingerprint density at radius 3 is 2.43 bits per heavy atom. The third kappa shape index (κ3) is 4.67. The van der Waals surface area contributed by atoms with Gasteiger partial charge in [-0.1, -0.05) is 32.0 Å². The van der Waals surface area contributed by atoms with Crippen LogP contribution in [0, 0.1) is 5.41 Å². The number of rotatable bonds is 5. The summed E-state index contributed by atoms with van der Waals surface area (Å²) in [5, 5.41) is 3.56. The lowest BCUT2D eigenvalue weighted by molar-refractivity contribution is -0.0507. The Hall–Kier alpha value is -1.16. The maximum atomic E-state index is 12.5. The molecule has 0 bridgehead atoms. The molecule has 1 saturated carbocycles. The molecule has 21 heavy (non-hydrogen) atoms. The third-order valence-electron chi connectivity index (χ3n) is 4.43. The summed E-state index contributed by atoms with van der Waals surface area (Å²) < 4.78 is 29.5. The molecule has 1 aromatic rings. The summed E-state index contributed by atoms with van der Waals surface area (Å²) >= 11 is 0. The van der Waals surface area contributed by atoms with Crippen molar-refractivity contribution in [3.8, 4) is 5.75 Å². The van der Waals surface area contributed by atoms with Crippen LogP contribution in [-0.4, -0.2) is 12.7 Å². The molecule has 1 aromatic carbocycles. The Morgan fingerprint density at radius 2 is 1.81 bits per heavy atom. The predicted octanol–water partition coefficient (Wildman–Crippen LogP) is 4.91. The molecule has 0 radical (unpaired) electrons. The van der Waals surface area contributed by atoms with Crippen LogP contribution in [0.1, 0.15) is 58.1 Å². The van der Waals surface area contributed by atoms with Crippen LogP contribution in [0.5, 0.6) is 5.75 Å².